The number of ether oxygens (including phenoxy) is 1. The highest BCUT2D eigenvalue weighted by Gasteiger charge is 2.46. The molecule has 0 aliphatic carbocycles. The van der Waals surface area contributed by atoms with E-state index in [1.165, 1.54) is 77.6 Å². The summed E-state index contributed by atoms with van der Waals surface area (Å²) in [4.78, 5) is 26.4. The van der Waals surface area contributed by atoms with Crippen LogP contribution in [0.15, 0.2) is 60.7 Å². The Labute approximate surface area is 213 Å². The summed E-state index contributed by atoms with van der Waals surface area (Å²) in [6.45, 7) is 3.78. The molecule has 192 valence electrons. The molecule has 0 heterocycles. The van der Waals surface area contributed by atoms with E-state index in [4.69, 9.17) is 4.74 Å². The highest BCUT2D eigenvalue weighted by Crippen LogP contribution is 2.34. The molecule has 0 spiro atoms. The summed E-state index contributed by atoms with van der Waals surface area (Å²) in [5.41, 5.74) is -0.531. The minimum atomic E-state index is -1.26. The van der Waals surface area contributed by atoms with Crippen molar-refractivity contribution in [1.29, 1.82) is 0 Å². The van der Waals surface area contributed by atoms with Crippen LogP contribution < -0.4 is 4.74 Å². The lowest BCUT2D eigenvalue weighted by molar-refractivity contribution is -0.146. The van der Waals surface area contributed by atoms with E-state index in [2.05, 4.69) is 6.92 Å². The second kappa shape index (κ2) is 17.1. The minimum Gasteiger partial charge on any atom is -0.426 e. The SMILES string of the molecule is CCCCCCCCCCCCCCCCC(C(C)=O)(C(=O)Oc1ccccc1)c1ccccc1. The quantitative estimate of drug-likeness (QED) is 0.0875. The standard InChI is InChI=1S/C32H46O3/c1-3-4-5-6-7-8-9-10-11-12-13-14-15-22-27-32(28(2)33,29-23-18-16-19-24-29)31(34)35-30-25-20-17-21-26-30/h16-21,23-26H,3-15,22,27H2,1-2H3. The van der Waals surface area contributed by atoms with Gasteiger partial charge in [-0.05, 0) is 31.0 Å². The number of hydrogen-bond acceptors (Lipinski definition) is 3. The first-order valence-electron chi connectivity index (χ1n) is 13.9. The Kier molecular flexibility index (Phi) is 14.1. The van der Waals surface area contributed by atoms with Gasteiger partial charge >= 0.3 is 5.97 Å². The zero-order valence-electron chi connectivity index (χ0n) is 22.1. The van der Waals surface area contributed by atoms with Crippen LogP contribution in [0, 0.1) is 0 Å². The second-order valence-electron chi connectivity index (χ2n) is 9.88. The zero-order chi connectivity index (χ0) is 25.2. The van der Waals surface area contributed by atoms with E-state index < -0.39 is 11.4 Å². The van der Waals surface area contributed by atoms with Gasteiger partial charge < -0.3 is 4.74 Å². The Morgan fingerprint density at radius 3 is 1.51 bits per heavy atom. The second-order valence-corrected chi connectivity index (χ2v) is 9.88. The Morgan fingerprint density at radius 2 is 1.06 bits per heavy atom. The van der Waals surface area contributed by atoms with Crippen LogP contribution in [0.3, 0.4) is 0 Å². The molecule has 0 fully saturated rings. The Hall–Kier alpha value is -2.42. The van der Waals surface area contributed by atoms with Crippen LogP contribution in [0.5, 0.6) is 5.75 Å². The molecule has 2 aromatic rings. The number of carbonyl (C=O) groups excluding carboxylic acids is 2. The number of carbonyl (C=O) groups is 2. The summed E-state index contributed by atoms with van der Waals surface area (Å²) in [5.74, 6) is -0.156. The fourth-order valence-corrected chi connectivity index (χ4v) is 4.88. The summed E-state index contributed by atoms with van der Waals surface area (Å²) < 4.78 is 5.71. The van der Waals surface area contributed by atoms with E-state index in [1.54, 1.807) is 12.1 Å². The van der Waals surface area contributed by atoms with Gasteiger partial charge in [-0.25, -0.2) is 0 Å². The van der Waals surface area contributed by atoms with Crippen molar-refractivity contribution in [1.82, 2.24) is 0 Å². The Morgan fingerprint density at radius 1 is 0.629 bits per heavy atom. The molecule has 0 bridgehead atoms. The fourth-order valence-electron chi connectivity index (χ4n) is 4.88. The number of esters is 1. The van der Waals surface area contributed by atoms with Crippen molar-refractivity contribution in [3.63, 3.8) is 0 Å². The van der Waals surface area contributed by atoms with Gasteiger partial charge in [-0.2, -0.15) is 0 Å². The average Bonchev–Trinajstić information content (AvgIpc) is 2.87. The highest BCUT2D eigenvalue weighted by atomic mass is 16.5. The number of unbranched alkanes of at least 4 members (excludes halogenated alkanes) is 13. The maximum absolute atomic E-state index is 13.4. The van der Waals surface area contributed by atoms with Crippen molar-refractivity contribution in [3.8, 4) is 5.75 Å². The van der Waals surface area contributed by atoms with Crippen LogP contribution in [0.25, 0.3) is 0 Å². The predicted molar refractivity (Wildman–Crippen MR) is 146 cm³/mol. The lowest BCUT2D eigenvalue weighted by Crippen LogP contribution is -2.45. The van der Waals surface area contributed by atoms with Gasteiger partial charge in [0.15, 0.2) is 11.2 Å². The molecular weight excluding hydrogens is 432 g/mol. The summed E-state index contributed by atoms with van der Waals surface area (Å²) in [7, 11) is 0. The lowest BCUT2D eigenvalue weighted by atomic mass is 9.73. The van der Waals surface area contributed by atoms with Crippen LogP contribution >= 0.6 is 0 Å². The maximum atomic E-state index is 13.4. The van der Waals surface area contributed by atoms with E-state index >= 15 is 0 Å². The van der Waals surface area contributed by atoms with Crippen LogP contribution in [0.4, 0.5) is 0 Å². The minimum absolute atomic E-state index is 0.153. The zero-order valence-corrected chi connectivity index (χ0v) is 22.1. The molecule has 0 radical (unpaired) electrons. The molecule has 0 saturated carbocycles. The first-order valence-corrected chi connectivity index (χ1v) is 13.9. The van der Waals surface area contributed by atoms with E-state index in [0.717, 1.165) is 24.8 Å². The molecule has 1 unspecified atom stereocenters. The highest BCUT2D eigenvalue weighted by molar-refractivity contribution is 6.09. The van der Waals surface area contributed by atoms with E-state index in [1.807, 2.05) is 48.5 Å². The molecule has 0 amide bonds. The number of Topliss-reactive ketones (excluding diaryl/α,β-unsaturated/α-hetero) is 1. The average molecular weight is 479 g/mol. The predicted octanol–water partition coefficient (Wildman–Crippen LogP) is 8.99. The normalized spacial score (nSPS) is 12.7. The number of rotatable bonds is 19. The summed E-state index contributed by atoms with van der Waals surface area (Å²) in [6.07, 6.45) is 18.3. The van der Waals surface area contributed by atoms with E-state index in [-0.39, 0.29) is 5.78 Å². The molecular formula is C32H46O3. The molecule has 2 aromatic carbocycles. The van der Waals surface area contributed by atoms with Gasteiger partial charge in [0.05, 0.1) is 0 Å². The third-order valence-electron chi connectivity index (χ3n) is 7.08. The van der Waals surface area contributed by atoms with Crippen molar-refractivity contribution >= 4 is 11.8 Å². The first-order chi connectivity index (χ1) is 17.1. The molecule has 3 nitrogen and oxygen atoms in total. The largest absolute Gasteiger partial charge is 0.426 e. The smallest absolute Gasteiger partial charge is 0.329 e. The molecule has 2 rings (SSSR count). The van der Waals surface area contributed by atoms with Crippen molar-refractivity contribution in [2.45, 2.75) is 116 Å². The van der Waals surface area contributed by atoms with Crippen LogP contribution in [-0.2, 0) is 15.0 Å². The third kappa shape index (κ3) is 9.99. The van der Waals surface area contributed by atoms with Gasteiger partial charge in [-0.3, -0.25) is 9.59 Å². The van der Waals surface area contributed by atoms with Gasteiger partial charge in [0.2, 0.25) is 0 Å². The van der Waals surface area contributed by atoms with Gasteiger partial charge in [0, 0.05) is 0 Å². The number of benzene rings is 2. The van der Waals surface area contributed by atoms with E-state index in [0.29, 0.717) is 12.2 Å². The van der Waals surface area contributed by atoms with Crippen LogP contribution in [-0.4, -0.2) is 11.8 Å². The molecule has 3 heteroatoms. The third-order valence-corrected chi connectivity index (χ3v) is 7.08. The van der Waals surface area contributed by atoms with Gasteiger partial charge in [-0.15, -0.1) is 0 Å². The fraction of sp³-hybridized carbons (Fsp3) is 0.562. The molecule has 0 N–H and O–H groups in total. The van der Waals surface area contributed by atoms with E-state index in [9.17, 15) is 9.59 Å². The monoisotopic (exact) mass is 478 g/mol. The molecule has 0 aliphatic rings. The molecule has 35 heavy (non-hydrogen) atoms. The van der Waals surface area contributed by atoms with Crippen LogP contribution in [0.2, 0.25) is 0 Å². The van der Waals surface area contributed by atoms with Gasteiger partial charge in [0.25, 0.3) is 0 Å². The summed E-state index contributed by atoms with van der Waals surface area (Å²) in [6, 6.07) is 18.4. The summed E-state index contributed by atoms with van der Waals surface area (Å²) in [5, 5.41) is 0. The Balaban J connectivity index is 1.78. The van der Waals surface area contributed by atoms with Gasteiger partial charge in [-0.1, -0.05) is 145 Å². The van der Waals surface area contributed by atoms with Crippen molar-refractivity contribution in [2.75, 3.05) is 0 Å². The summed E-state index contributed by atoms with van der Waals surface area (Å²) >= 11 is 0. The number of para-hydroxylation sites is 1. The molecule has 0 aromatic heterocycles. The topological polar surface area (TPSA) is 43.4 Å². The lowest BCUT2D eigenvalue weighted by Gasteiger charge is -2.29. The molecule has 0 saturated heterocycles. The Bertz CT molecular complexity index is 830. The van der Waals surface area contributed by atoms with Crippen LogP contribution in [0.1, 0.15) is 116 Å². The van der Waals surface area contributed by atoms with Gasteiger partial charge in [0.1, 0.15) is 5.75 Å². The number of hydrogen-bond donors (Lipinski definition) is 0. The first kappa shape index (κ1) is 28.8. The van der Waals surface area contributed by atoms with Crippen molar-refractivity contribution in [2.24, 2.45) is 0 Å². The molecule has 0 aliphatic heterocycles. The van der Waals surface area contributed by atoms with Crippen molar-refractivity contribution in [3.05, 3.63) is 66.2 Å². The maximum Gasteiger partial charge on any atom is 0.329 e. The van der Waals surface area contributed by atoms with Crippen molar-refractivity contribution < 1.29 is 14.3 Å². The number of ketones is 1. The molecule has 1 atom stereocenters.